The summed E-state index contributed by atoms with van der Waals surface area (Å²) in [5, 5.41) is 17.1. The minimum atomic E-state index is 0.569. The van der Waals surface area contributed by atoms with Crippen LogP contribution in [0, 0.1) is 17.2 Å². The lowest BCUT2D eigenvalue weighted by atomic mass is 9.94. The van der Waals surface area contributed by atoms with Crippen LogP contribution in [0.4, 0.5) is 5.82 Å². The van der Waals surface area contributed by atoms with Crippen molar-refractivity contribution in [1.29, 1.82) is 5.26 Å². The number of hydrogen-bond acceptors (Lipinski definition) is 4. The molecule has 2 rings (SSSR count). The minimum absolute atomic E-state index is 0.569. The SMILES string of the molecule is CCc1ccc(N2CCC(CC#N)CC2)nn1. The Balaban J connectivity index is 1.93. The zero-order valence-electron chi connectivity index (χ0n) is 10.3. The predicted molar refractivity (Wildman–Crippen MR) is 66.6 cm³/mol. The molecule has 0 N–H and O–H groups in total. The van der Waals surface area contributed by atoms with E-state index in [9.17, 15) is 0 Å². The summed E-state index contributed by atoms with van der Waals surface area (Å²) in [5.74, 6) is 1.54. The molecule has 4 nitrogen and oxygen atoms in total. The Morgan fingerprint density at radius 3 is 2.65 bits per heavy atom. The van der Waals surface area contributed by atoms with Crippen molar-refractivity contribution in [3.8, 4) is 6.07 Å². The molecule has 0 atom stereocenters. The van der Waals surface area contributed by atoms with Crippen LogP contribution in [0.1, 0.15) is 31.9 Å². The van der Waals surface area contributed by atoms with Crippen molar-refractivity contribution >= 4 is 5.82 Å². The molecule has 1 aliphatic rings. The summed E-state index contributed by atoms with van der Waals surface area (Å²) in [6, 6.07) is 6.36. The molecule has 1 aromatic heterocycles. The van der Waals surface area contributed by atoms with Crippen molar-refractivity contribution in [2.75, 3.05) is 18.0 Å². The second kappa shape index (κ2) is 5.62. The third-order valence-corrected chi connectivity index (χ3v) is 3.39. The summed E-state index contributed by atoms with van der Waals surface area (Å²) in [6.07, 6.45) is 3.79. The molecular weight excluding hydrogens is 212 g/mol. The van der Waals surface area contributed by atoms with Crippen molar-refractivity contribution in [3.63, 3.8) is 0 Å². The lowest BCUT2D eigenvalue weighted by molar-refractivity contribution is 0.410. The van der Waals surface area contributed by atoms with Crippen LogP contribution in [0.15, 0.2) is 12.1 Å². The molecule has 1 aliphatic heterocycles. The van der Waals surface area contributed by atoms with Gasteiger partial charge in [0, 0.05) is 19.5 Å². The van der Waals surface area contributed by atoms with Gasteiger partial charge in [0.25, 0.3) is 0 Å². The van der Waals surface area contributed by atoms with Gasteiger partial charge in [-0.3, -0.25) is 0 Å². The van der Waals surface area contributed by atoms with Gasteiger partial charge in [-0.2, -0.15) is 10.4 Å². The van der Waals surface area contributed by atoms with E-state index in [0.29, 0.717) is 12.3 Å². The molecule has 2 heterocycles. The fraction of sp³-hybridized carbons (Fsp3) is 0.615. The van der Waals surface area contributed by atoms with Crippen molar-refractivity contribution in [2.45, 2.75) is 32.6 Å². The van der Waals surface area contributed by atoms with E-state index in [0.717, 1.165) is 43.9 Å². The molecule has 0 aromatic carbocycles. The van der Waals surface area contributed by atoms with Crippen LogP contribution in [-0.2, 0) is 6.42 Å². The quantitative estimate of drug-likeness (QED) is 0.798. The van der Waals surface area contributed by atoms with Crippen LogP contribution < -0.4 is 4.90 Å². The molecule has 1 aromatic rings. The standard InChI is InChI=1S/C13H18N4/c1-2-12-3-4-13(16-15-12)17-9-6-11(5-8-14)7-10-17/h3-4,11H,2,5-7,9-10H2,1H3. The number of aromatic nitrogens is 2. The maximum absolute atomic E-state index is 8.67. The highest BCUT2D eigenvalue weighted by Gasteiger charge is 2.19. The predicted octanol–water partition coefficient (Wildman–Crippen LogP) is 2.17. The van der Waals surface area contributed by atoms with Crippen molar-refractivity contribution in [2.24, 2.45) is 5.92 Å². The maximum Gasteiger partial charge on any atom is 0.151 e. The molecule has 0 aliphatic carbocycles. The van der Waals surface area contributed by atoms with Crippen LogP contribution in [0.2, 0.25) is 0 Å². The van der Waals surface area contributed by atoms with Crippen molar-refractivity contribution < 1.29 is 0 Å². The Bertz CT molecular complexity index is 385. The Morgan fingerprint density at radius 1 is 1.35 bits per heavy atom. The lowest BCUT2D eigenvalue weighted by Crippen LogP contribution is -2.34. The highest BCUT2D eigenvalue weighted by atomic mass is 15.3. The summed E-state index contributed by atoms with van der Waals surface area (Å²) in [5.41, 5.74) is 1.04. The third-order valence-electron chi connectivity index (χ3n) is 3.39. The number of rotatable bonds is 3. The molecule has 90 valence electrons. The second-order valence-electron chi connectivity index (χ2n) is 4.53. The molecule has 0 bridgehead atoms. The van der Waals surface area contributed by atoms with E-state index in [4.69, 9.17) is 5.26 Å². The average molecular weight is 230 g/mol. The van der Waals surface area contributed by atoms with Gasteiger partial charge in [0.2, 0.25) is 0 Å². The van der Waals surface area contributed by atoms with Gasteiger partial charge < -0.3 is 4.90 Å². The highest BCUT2D eigenvalue weighted by molar-refractivity contribution is 5.37. The Labute approximate surface area is 102 Å². The number of anilines is 1. The molecule has 0 saturated carbocycles. The van der Waals surface area contributed by atoms with E-state index < -0.39 is 0 Å². The molecule has 0 amide bonds. The monoisotopic (exact) mass is 230 g/mol. The van der Waals surface area contributed by atoms with Gasteiger partial charge >= 0.3 is 0 Å². The summed E-state index contributed by atoms with van der Waals surface area (Å²) in [7, 11) is 0. The van der Waals surface area contributed by atoms with E-state index >= 15 is 0 Å². The van der Waals surface area contributed by atoms with E-state index in [2.05, 4.69) is 34.2 Å². The van der Waals surface area contributed by atoms with Gasteiger partial charge in [-0.25, -0.2) is 0 Å². The van der Waals surface area contributed by atoms with E-state index in [1.807, 2.05) is 6.07 Å². The molecule has 0 radical (unpaired) electrons. The van der Waals surface area contributed by atoms with Crippen molar-refractivity contribution in [3.05, 3.63) is 17.8 Å². The normalized spacial score (nSPS) is 16.8. The number of aryl methyl sites for hydroxylation is 1. The molecule has 1 saturated heterocycles. The van der Waals surface area contributed by atoms with Crippen molar-refractivity contribution in [1.82, 2.24) is 10.2 Å². The summed E-state index contributed by atoms with van der Waals surface area (Å²) >= 11 is 0. The zero-order chi connectivity index (χ0) is 12.1. The van der Waals surface area contributed by atoms with Gasteiger partial charge in [-0.15, -0.1) is 5.10 Å². The van der Waals surface area contributed by atoms with E-state index in [1.54, 1.807) is 0 Å². The molecule has 17 heavy (non-hydrogen) atoms. The van der Waals surface area contributed by atoms with E-state index in [-0.39, 0.29) is 0 Å². The van der Waals surface area contributed by atoms with Crippen LogP contribution in [0.25, 0.3) is 0 Å². The summed E-state index contributed by atoms with van der Waals surface area (Å²) in [4.78, 5) is 2.26. The van der Waals surface area contributed by atoms with Crippen LogP contribution >= 0.6 is 0 Å². The largest absolute Gasteiger partial charge is 0.355 e. The fourth-order valence-electron chi connectivity index (χ4n) is 2.21. The first-order chi connectivity index (χ1) is 8.33. The first-order valence-corrected chi connectivity index (χ1v) is 6.28. The van der Waals surface area contributed by atoms with Crippen LogP contribution in [0.3, 0.4) is 0 Å². The van der Waals surface area contributed by atoms with Gasteiger partial charge in [-0.1, -0.05) is 6.92 Å². The number of nitrogens with zero attached hydrogens (tertiary/aromatic N) is 4. The van der Waals surface area contributed by atoms with E-state index in [1.165, 1.54) is 0 Å². The Hall–Kier alpha value is -1.63. The smallest absolute Gasteiger partial charge is 0.151 e. The van der Waals surface area contributed by atoms with Crippen LogP contribution in [-0.4, -0.2) is 23.3 Å². The third kappa shape index (κ3) is 2.94. The average Bonchev–Trinajstić information content (AvgIpc) is 2.40. The molecule has 1 fully saturated rings. The van der Waals surface area contributed by atoms with Crippen LogP contribution in [0.5, 0.6) is 0 Å². The molecule has 0 unspecified atom stereocenters. The second-order valence-corrected chi connectivity index (χ2v) is 4.53. The molecular formula is C13H18N4. The topological polar surface area (TPSA) is 52.8 Å². The lowest BCUT2D eigenvalue weighted by Gasteiger charge is -2.31. The molecule has 4 heteroatoms. The number of piperidine rings is 1. The minimum Gasteiger partial charge on any atom is -0.355 e. The fourth-order valence-corrected chi connectivity index (χ4v) is 2.21. The number of nitriles is 1. The van der Waals surface area contributed by atoms with Gasteiger partial charge in [-0.05, 0) is 37.3 Å². The first kappa shape index (κ1) is 11.8. The van der Waals surface area contributed by atoms with Gasteiger partial charge in [0.05, 0.1) is 11.8 Å². The Morgan fingerprint density at radius 2 is 2.12 bits per heavy atom. The Kier molecular flexibility index (Phi) is 3.92. The number of hydrogen-bond donors (Lipinski definition) is 0. The zero-order valence-corrected chi connectivity index (χ0v) is 10.3. The van der Waals surface area contributed by atoms with Gasteiger partial charge in [0.15, 0.2) is 5.82 Å². The summed E-state index contributed by atoms with van der Waals surface area (Å²) in [6.45, 7) is 4.07. The molecule has 0 spiro atoms. The first-order valence-electron chi connectivity index (χ1n) is 6.28. The van der Waals surface area contributed by atoms with Gasteiger partial charge in [0.1, 0.15) is 0 Å². The highest BCUT2D eigenvalue weighted by Crippen LogP contribution is 2.23. The summed E-state index contributed by atoms with van der Waals surface area (Å²) < 4.78 is 0. The maximum atomic E-state index is 8.67.